The van der Waals surface area contributed by atoms with Crippen molar-refractivity contribution >= 4 is 11.4 Å². The molecule has 0 unspecified atom stereocenters. The number of hydrogen-bond donors (Lipinski definition) is 2. The summed E-state index contributed by atoms with van der Waals surface area (Å²) >= 11 is 0. The molecular weight excluding hydrogens is 428 g/mol. The minimum atomic E-state index is 0.524. The first kappa shape index (κ1) is 24.6. The normalized spacial score (nSPS) is 11.1. The van der Waals surface area contributed by atoms with Crippen molar-refractivity contribution in [3.05, 3.63) is 106 Å². The Morgan fingerprint density at radius 2 is 0.971 bits per heavy atom. The highest BCUT2D eigenvalue weighted by Crippen LogP contribution is 2.34. The number of hydrogen-bond acceptors (Lipinski definition) is 3. The Labute approximate surface area is 209 Å². The van der Waals surface area contributed by atoms with E-state index < -0.39 is 0 Å². The van der Waals surface area contributed by atoms with Crippen LogP contribution in [0.2, 0.25) is 0 Å². The van der Waals surface area contributed by atoms with Gasteiger partial charge in [0.05, 0.1) is 13.2 Å². The van der Waals surface area contributed by atoms with Gasteiger partial charge in [0.1, 0.15) is 0 Å². The van der Waals surface area contributed by atoms with Gasteiger partial charge in [-0.15, -0.1) is 0 Å². The standard InChI is InChI=1S/C32H36N2O/c1-5-23-15-29(21(3)31(33)17-23)27-13-9-7-11-25(27)19-35-20-26-12-8-10-14-28(26)30-16-24(6-2)18-32(34)22(30)4/h7-18H,5-6,19-20,33-34H2,1-4H3. The maximum atomic E-state index is 6.34. The smallest absolute Gasteiger partial charge is 0.0727 e. The van der Waals surface area contributed by atoms with Crippen molar-refractivity contribution in [2.24, 2.45) is 0 Å². The second-order valence-electron chi connectivity index (χ2n) is 9.23. The minimum Gasteiger partial charge on any atom is -0.398 e. The topological polar surface area (TPSA) is 61.3 Å². The van der Waals surface area contributed by atoms with Gasteiger partial charge in [0.25, 0.3) is 0 Å². The first-order chi connectivity index (χ1) is 16.9. The van der Waals surface area contributed by atoms with E-state index >= 15 is 0 Å². The number of anilines is 2. The molecule has 4 aromatic carbocycles. The van der Waals surface area contributed by atoms with Crippen LogP contribution >= 0.6 is 0 Å². The van der Waals surface area contributed by atoms with Gasteiger partial charge in [-0.1, -0.05) is 74.5 Å². The number of rotatable bonds is 8. The lowest BCUT2D eigenvalue weighted by atomic mass is 9.92. The van der Waals surface area contributed by atoms with Crippen LogP contribution in [0.5, 0.6) is 0 Å². The van der Waals surface area contributed by atoms with Crippen LogP contribution in [0.15, 0.2) is 72.8 Å². The van der Waals surface area contributed by atoms with Gasteiger partial charge in [-0.2, -0.15) is 0 Å². The van der Waals surface area contributed by atoms with Gasteiger partial charge in [-0.05, 0) is 94.5 Å². The molecule has 0 fully saturated rings. The van der Waals surface area contributed by atoms with Crippen molar-refractivity contribution in [3.8, 4) is 22.3 Å². The molecule has 0 aliphatic rings. The van der Waals surface area contributed by atoms with Gasteiger partial charge >= 0.3 is 0 Å². The molecule has 0 saturated carbocycles. The van der Waals surface area contributed by atoms with Crippen LogP contribution in [0.3, 0.4) is 0 Å². The Morgan fingerprint density at radius 3 is 1.37 bits per heavy atom. The van der Waals surface area contributed by atoms with Gasteiger partial charge in [0.2, 0.25) is 0 Å². The van der Waals surface area contributed by atoms with Crippen LogP contribution in [0.1, 0.15) is 47.2 Å². The Morgan fingerprint density at radius 1 is 0.571 bits per heavy atom. The highest BCUT2D eigenvalue weighted by molar-refractivity contribution is 5.77. The van der Waals surface area contributed by atoms with E-state index in [-0.39, 0.29) is 0 Å². The maximum Gasteiger partial charge on any atom is 0.0727 e. The van der Waals surface area contributed by atoms with E-state index in [9.17, 15) is 0 Å². The number of nitrogens with two attached hydrogens (primary N) is 2. The van der Waals surface area contributed by atoms with Gasteiger partial charge in [0, 0.05) is 11.4 Å². The van der Waals surface area contributed by atoms with E-state index in [2.05, 4.69) is 100 Å². The van der Waals surface area contributed by atoms with Crippen molar-refractivity contribution in [2.45, 2.75) is 53.8 Å². The Kier molecular flexibility index (Phi) is 7.57. The zero-order valence-corrected chi connectivity index (χ0v) is 21.3. The Hall–Kier alpha value is -3.56. The van der Waals surface area contributed by atoms with Gasteiger partial charge in [0.15, 0.2) is 0 Å². The molecule has 4 rings (SSSR count). The van der Waals surface area contributed by atoms with E-state index in [1.165, 1.54) is 33.4 Å². The lowest BCUT2D eigenvalue weighted by molar-refractivity contribution is 0.108. The fraction of sp³-hybridized carbons (Fsp3) is 0.250. The second kappa shape index (κ2) is 10.8. The van der Waals surface area contributed by atoms with Crippen molar-refractivity contribution in [3.63, 3.8) is 0 Å². The Balaban J connectivity index is 1.61. The van der Waals surface area contributed by atoms with Gasteiger partial charge < -0.3 is 16.2 Å². The Bertz CT molecular complexity index is 1240. The van der Waals surface area contributed by atoms with Crippen molar-refractivity contribution < 1.29 is 4.74 Å². The van der Waals surface area contributed by atoms with E-state index in [1.807, 2.05) is 0 Å². The molecular formula is C32H36N2O. The molecule has 4 aromatic rings. The summed E-state index contributed by atoms with van der Waals surface area (Å²) in [6.07, 6.45) is 1.91. The molecule has 0 amide bonds. The highest BCUT2D eigenvalue weighted by atomic mass is 16.5. The van der Waals surface area contributed by atoms with Crippen LogP contribution in [-0.2, 0) is 30.8 Å². The fourth-order valence-electron chi connectivity index (χ4n) is 4.65. The molecule has 3 heteroatoms. The lowest BCUT2D eigenvalue weighted by Crippen LogP contribution is -2.01. The van der Waals surface area contributed by atoms with Crippen LogP contribution in [-0.4, -0.2) is 0 Å². The predicted molar refractivity (Wildman–Crippen MR) is 149 cm³/mol. The zero-order valence-electron chi connectivity index (χ0n) is 21.3. The first-order valence-electron chi connectivity index (χ1n) is 12.4. The summed E-state index contributed by atoms with van der Waals surface area (Å²) in [6.45, 7) is 9.55. The largest absolute Gasteiger partial charge is 0.398 e. The summed E-state index contributed by atoms with van der Waals surface area (Å²) in [4.78, 5) is 0. The summed E-state index contributed by atoms with van der Waals surface area (Å²) < 4.78 is 6.32. The molecule has 0 aromatic heterocycles. The molecule has 0 bridgehead atoms. The summed E-state index contributed by atoms with van der Waals surface area (Å²) in [6, 6.07) is 25.6. The molecule has 0 atom stereocenters. The number of ether oxygens (including phenoxy) is 1. The van der Waals surface area contributed by atoms with Gasteiger partial charge in [-0.25, -0.2) is 0 Å². The molecule has 35 heavy (non-hydrogen) atoms. The number of nitrogen functional groups attached to an aromatic ring is 2. The highest BCUT2D eigenvalue weighted by Gasteiger charge is 2.13. The van der Waals surface area contributed by atoms with E-state index in [1.54, 1.807) is 0 Å². The predicted octanol–water partition coefficient (Wildman–Crippen LogP) is 7.64. The van der Waals surface area contributed by atoms with Crippen LogP contribution in [0.4, 0.5) is 11.4 Å². The average Bonchev–Trinajstić information content (AvgIpc) is 2.88. The summed E-state index contributed by atoms with van der Waals surface area (Å²) in [7, 11) is 0. The van der Waals surface area contributed by atoms with Crippen molar-refractivity contribution in [2.75, 3.05) is 11.5 Å². The fourth-order valence-corrected chi connectivity index (χ4v) is 4.65. The third kappa shape index (κ3) is 5.26. The van der Waals surface area contributed by atoms with Crippen LogP contribution < -0.4 is 11.5 Å². The summed E-state index contributed by atoms with van der Waals surface area (Å²) in [5, 5.41) is 0. The zero-order chi connectivity index (χ0) is 24.9. The molecule has 180 valence electrons. The molecule has 4 N–H and O–H groups in total. The quantitative estimate of drug-likeness (QED) is 0.263. The number of aryl methyl sites for hydroxylation is 2. The minimum absolute atomic E-state index is 0.524. The van der Waals surface area contributed by atoms with Gasteiger partial charge in [-0.3, -0.25) is 0 Å². The van der Waals surface area contributed by atoms with Crippen LogP contribution in [0, 0.1) is 13.8 Å². The molecule has 0 aliphatic carbocycles. The molecule has 0 radical (unpaired) electrons. The van der Waals surface area contributed by atoms with E-state index in [4.69, 9.17) is 16.2 Å². The summed E-state index contributed by atoms with van der Waals surface area (Å²) in [5.74, 6) is 0. The third-order valence-corrected chi connectivity index (χ3v) is 6.96. The lowest BCUT2D eigenvalue weighted by Gasteiger charge is -2.17. The molecule has 0 saturated heterocycles. The summed E-state index contributed by atoms with van der Waals surface area (Å²) in [5.41, 5.74) is 26.1. The second-order valence-corrected chi connectivity index (χ2v) is 9.23. The molecule has 0 heterocycles. The average molecular weight is 465 g/mol. The van der Waals surface area contributed by atoms with Crippen molar-refractivity contribution in [1.29, 1.82) is 0 Å². The van der Waals surface area contributed by atoms with Crippen molar-refractivity contribution in [1.82, 2.24) is 0 Å². The monoisotopic (exact) mass is 464 g/mol. The third-order valence-electron chi connectivity index (χ3n) is 6.96. The first-order valence-corrected chi connectivity index (χ1v) is 12.4. The van der Waals surface area contributed by atoms with E-state index in [0.717, 1.165) is 46.5 Å². The molecule has 0 aliphatic heterocycles. The maximum absolute atomic E-state index is 6.34. The van der Waals surface area contributed by atoms with Crippen LogP contribution in [0.25, 0.3) is 22.3 Å². The number of benzene rings is 4. The molecule has 0 spiro atoms. The van der Waals surface area contributed by atoms with E-state index in [0.29, 0.717) is 13.2 Å². The molecule has 3 nitrogen and oxygen atoms in total. The SMILES string of the molecule is CCc1cc(N)c(C)c(-c2ccccc2COCc2ccccc2-c2cc(CC)cc(N)c2C)c1.